The van der Waals surface area contributed by atoms with Crippen LogP contribution in [0.2, 0.25) is 0 Å². The summed E-state index contributed by atoms with van der Waals surface area (Å²) in [7, 11) is 0. The zero-order valence-corrected chi connectivity index (χ0v) is 15.3. The maximum atomic E-state index is 12.2. The monoisotopic (exact) mass is 359 g/mol. The Morgan fingerprint density at radius 2 is 1.59 bits per heavy atom. The molecule has 2 aromatic carbocycles. The highest BCUT2D eigenvalue weighted by atomic mass is 16.1. The number of aromatic nitrogens is 1. The molecule has 0 spiro atoms. The molecular formula is C23H25N3O. The molecule has 1 atom stereocenters. The Bertz CT molecular complexity index is 767. The van der Waals surface area contributed by atoms with Crippen molar-refractivity contribution in [3.63, 3.8) is 0 Å². The quantitative estimate of drug-likeness (QED) is 0.575. The van der Waals surface area contributed by atoms with Gasteiger partial charge in [-0.3, -0.25) is 15.1 Å². The zero-order chi connectivity index (χ0) is 18.7. The van der Waals surface area contributed by atoms with Gasteiger partial charge in [-0.1, -0.05) is 66.7 Å². The second-order valence-electron chi connectivity index (χ2n) is 6.42. The molecule has 0 bridgehead atoms. The van der Waals surface area contributed by atoms with Gasteiger partial charge in [0.1, 0.15) is 0 Å². The Hall–Kier alpha value is -2.98. The minimum atomic E-state index is -0.109. The molecule has 27 heavy (non-hydrogen) atoms. The first kappa shape index (κ1) is 18.8. The zero-order valence-electron chi connectivity index (χ0n) is 15.3. The molecule has 0 aliphatic heterocycles. The van der Waals surface area contributed by atoms with Crippen LogP contribution >= 0.6 is 0 Å². The van der Waals surface area contributed by atoms with E-state index in [0.29, 0.717) is 6.54 Å². The molecule has 3 rings (SSSR count). The van der Waals surface area contributed by atoms with Crippen molar-refractivity contribution in [1.82, 2.24) is 15.6 Å². The first-order chi connectivity index (χ1) is 13.3. The fourth-order valence-electron chi connectivity index (χ4n) is 3.01. The van der Waals surface area contributed by atoms with Crippen LogP contribution in [0.3, 0.4) is 0 Å². The van der Waals surface area contributed by atoms with Crippen LogP contribution in [0.25, 0.3) is 0 Å². The second-order valence-corrected chi connectivity index (χ2v) is 6.42. The van der Waals surface area contributed by atoms with Gasteiger partial charge in [0.25, 0.3) is 0 Å². The minimum absolute atomic E-state index is 0.0000704. The molecule has 3 aromatic rings. The van der Waals surface area contributed by atoms with Gasteiger partial charge in [-0.15, -0.1) is 0 Å². The third-order valence-corrected chi connectivity index (χ3v) is 4.39. The molecule has 138 valence electrons. The van der Waals surface area contributed by atoms with E-state index in [-0.39, 0.29) is 18.5 Å². The molecular weight excluding hydrogens is 334 g/mol. The molecule has 0 aliphatic rings. The predicted molar refractivity (Wildman–Crippen MR) is 108 cm³/mol. The number of aryl methyl sites for hydroxylation is 1. The third-order valence-electron chi connectivity index (χ3n) is 4.39. The molecule has 0 aliphatic carbocycles. The van der Waals surface area contributed by atoms with E-state index in [2.05, 4.69) is 27.8 Å². The molecule has 1 amide bonds. The van der Waals surface area contributed by atoms with Crippen LogP contribution in [0.5, 0.6) is 0 Å². The van der Waals surface area contributed by atoms with Gasteiger partial charge < -0.3 is 5.32 Å². The van der Waals surface area contributed by atoms with Gasteiger partial charge >= 0.3 is 0 Å². The Balaban J connectivity index is 1.49. The van der Waals surface area contributed by atoms with Crippen molar-refractivity contribution in [3.8, 4) is 0 Å². The van der Waals surface area contributed by atoms with E-state index >= 15 is 0 Å². The van der Waals surface area contributed by atoms with E-state index < -0.39 is 0 Å². The maximum absolute atomic E-state index is 12.2. The van der Waals surface area contributed by atoms with E-state index in [1.165, 1.54) is 5.56 Å². The first-order valence-electron chi connectivity index (χ1n) is 9.33. The van der Waals surface area contributed by atoms with E-state index in [9.17, 15) is 4.79 Å². The number of rotatable bonds is 9. The lowest BCUT2D eigenvalue weighted by Gasteiger charge is -2.18. The normalized spacial score (nSPS) is 11.7. The van der Waals surface area contributed by atoms with Crippen LogP contribution in [-0.4, -0.2) is 24.0 Å². The molecule has 0 saturated heterocycles. The van der Waals surface area contributed by atoms with Gasteiger partial charge in [-0.25, -0.2) is 0 Å². The summed E-state index contributed by atoms with van der Waals surface area (Å²) in [6.07, 6.45) is 3.67. The molecule has 0 fully saturated rings. The number of hydrogen-bond donors (Lipinski definition) is 2. The van der Waals surface area contributed by atoms with E-state index in [4.69, 9.17) is 0 Å². The largest absolute Gasteiger partial charge is 0.355 e. The maximum Gasteiger partial charge on any atom is 0.233 e. The standard InChI is InChI=1S/C23H25N3O/c27-22(25-17-9-12-19-10-3-1-4-11-19)18-26-23(20-13-5-2-6-14-20)21-15-7-8-16-24-21/h1-8,10-11,13-16,23,26H,9,12,17-18H2,(H,25,27). The number of carbonyl (C=O) groups is 1. The number of nitrogens with one attached hydrogen (secondary N) is 2. The molecule has 0 radical (unpaired) electrons. The number of hydrogen-bond acceptors (Lipinski definition) is 3. The van der Waals surface area contributed by atoms with Crippen molar-refractivity contribution in [2.24, 2.45) is 0 Å². The van der Waals surface area contributed by atoms with Crippen LogP contribution < -0.4 is 10.6 Å². The summed E-state index contributed by atoms with van der Waals surface area (Å²) >= 11 is 0. The number of benzene rings is 2. The topological polar surface area (TPSA) is 54.0 Å². The minimum Gasteiger partial charge on any atom is -0.355 e. The van der Waals surface area contributed by atoms with E-state index in [1.807, 2.05) is 66.7 Å². The molecule has 0 saturated carbocycles. The highest BCUT2D eigenvalue weighted by molar-refractivity contribution is 5.78. The van der Waals surface area contributed by atoms with Gasteiger partial charge in [0.2, 0.25) is 5.91 Å². The van der Waals surface area contributed by atoms with E-state index in [0.717, 1.165) is 24.1 Å². The summed E-state index contributed by atoms with van der Waals surface area (Å²) in [6, 6.07) is 26.1. The van der Waals surface area contributed by atoms with Crippen LogP contribution in [0.1, 0.15) is 29.3 Å². The van der Waals surface area contributed by atoms with Crippen LogP contribution in [0.4, 0.5) is 0 Å². The lowest BCUT2D eigenvalue weighted by Crippen LogP contribution is -2.36. The number of nitrogens with zero attached hydrogens (tertiary/aromatic N) is 1. The van der Waals surface area contributed by atoms with Crippen LogP contribution in [-0.2, 0) is 11.2 Å². The molecule has 4 nitrogen and oxygen atoms in total. The Morgan fingerprint density at radius 1 is 0.889 bits per heavy atom. The summed E-state index contributed by atoms with van der Waals surface area (Å²) in [4.78, 5) is 16.7. The smallest absolute Gasteiger partial charge is 0.233 e. The summed E-state index contributed by atoms with van der Waals surface area (Å²) in [5.74, 6) is -0.0000704. The summed E-state index contributed by atoms with van der Waals surface area (Å²) in [5.41, 5.74) is 3.29. The van der Waals surface area contributed by atoms with E-state index in [1.54, 1.807) is 6.20 Å². The lowest BCUT2D eigenvalue weighted by molar-refractivity contribution is -0.120. The fraction of sp³-hybridized carbons (Fsp3) is 0.217. The summed E-state index contributed by atoms with van der Waals surface area (Å²) < 4.78 is 0. The van der Waals surface area contributed by atoms with Gasteiger partial charge in [0.05, 0.1) is 18.3 Å². The SMILES string of the molecule is O=C(CNC(c1ccccc1)c1ccccn1)NCCCc1ccccc1. The Labute approximate surface area is 160 Å². The number of pyridine rings is 1. The van der Waals surface area contributed by atoms with Crippen molar-refractivity contribution in [1.29, 1.82) is 0 Å². The van der Waals surface area contributed by atoms with Gasteiger partial charge in [-0.05, 0) is 36.1 Å². The second kappa shape index (κ2) is 10.2. The number of amides is 1. The Morgan fingerprint density at radius 3 is 2.30 bits per heavy atom. The van der Waals surface area contributed by atoms with Crippen molar-refractivity contribution < 1.29 is 4.79 Å². The van der Waals surface area contributed by atoms with Gasteiger partial charge in [0.15, 0.2) is 0 Å². The Kier molecular flexibility index (Phi) is 7.13. The van der Waals surface area contributed by atoms with Gasteiger partial charge in [0, 0.05) is 12.7 Å². The predicted octanol–water partition coefficient (Wildman–Crippen LogP) is 3.51. The fourth-order valence-corrected chi connectivity index (χ4v) is 3.01. The molecule has 2 N–H and O–H groups in total. The third kappa shape index (κ3) is 6.04. The average Bonchev–Trinajstić information content (AvgIpc) is 2.74. The van der Waals surface area contributed by atoms with Crippen molar-refractivity contribution >= 4 is 5.91 Å². The highest BCUT2D eigenvalue weighted by Gasteiger charge is 2.15. The number of carbonyl (C=O) groups excluding carboxylic acids is 1. The molecule has 4 heteroatoms. The van der Waals surface area contributed by atoms with Crippen LogP contribution in [0, 0.1) is 0 Å². The van der Waals surface area contributed by atoms with Gasteiger partial charge in [-0.2, -0.15) is 0 Å². The van der Waals surface area contributed by atoms with Crippen molar-refractivity contribution in [2.45, 2.75) is 18.9 Å². The van der Waals surface area contributed by atoms with Crippen molar-refractivity contribution in [2.75, 3.05) is 13.1 Å². The average molecular weight is 359 g/mol. The highest BCUT2D eigenvalue weighted by Crippen LogP contribution is 2.19. The van der Waals surface area contributed by atoms with Crippen molar-refractivity contribution in [3.05, 3.63) is 102 Å². The summed E-state index contributed by atoms with van der Waals surface area (Å²) in [6.45, 7) is 0.927. The lowest BCUT2D eigenvalue weighted by atomic mass is 10.0. The van der Waals surface area contributed by atoms with Crippen LogP contribution in [0.15, 0.2) is 85.1 Å². The molecule has 1 aromatic heterocycles. The first-order valence-corrected chi connectivity index (χ1v) is 9.33. The molecule has 1 unspecified atom stereocenters. The summed E-state index contributed by atoms with van der Waals surface area (Å²) in [5, 5.41) is 6.33. The molecule has 1 heterocycles.